The Balaban J connectivity index is 2.94. The molecule has 1 aromatic rings. The van der Waals surface area contributed by atoms with E-state index >= 15 is 0 Å². The standard InChI is InChI=1S/C11H13N3O5/c1-2-19-11(16)10(15)9(13-12)7-3-5-8(6-4-7)14(17)18/h3-6,9,13H,2,12H2,1H3. The van der Waals surface area contributed by atoms with Crippen molar-refractivity contribution in [3.8, 4) is 0 Å². The fourth-order valence-corrected chi connectivity index (χ4v) is 1.43. The number of hydrogen-bond donors (Lipinski definition) is 2. The quantitative estimate of drug-likeness (QED) is 0.248. The molecule has 1 aromatic carbocycles. The molecule has 3 N–H and O–H groups in total. The fraction of sp³-hybridized carbons (Fsp3) is 0.273. The summed E-state index contributed by atoms with van der Waals surface area (Å²) in [7, 11) is 0. The second kappa shape index (κ2) is 6.57. The molecule has 0 heterocycles. The molecule has 0 radical (unpaired) electrons. The van der Waals surface area contributed by atoms with Gasteiger partial charge in [0, 0.05) is 12.1 Å². The summed E-state index contributed by atoms with van der Waals surface area (Å²) in [6, 6.07) is 4.04. The lowest BCUT2D eigenvalue weighted by Crippen LogP contribution is -2.38. The van der Waals surface area contributed by atoms with Gasteiger partial charge in [0.25, 0.3) is 11.5 Å². The molecule has 1 rings (SSSR count). The Morgan fingerprint density at radius 1 is 1.42 bits per heavy atom. The number of nitrogens with one attached hydrogen (secondary N) is 1. The lowest BCUT2D eigenvalue weighted by molar-refractivity contribution is -0.384. The minimum atomic E-state index is -1.10. The molecule has 0 aliphatic rings. The zero-order valence-corrected chi connectivity index (χ0v) is 10.2. The SMILES string of the molecule is CCOC(=O)C(=O)C(NN)c1ccc([N+](=O)[O-])cc1. The predicted octanol–water partition coefficient (Wildman–Crippen LogP) is 0.231. The summed E-state index contributed by atoms with van der Waals surface area (Å²) >= 11 is 0. The van der Waals surface area contributed by atoms with Crippen LogP contribution in [0, 0.1) is 10.1 Å². The Labute approximate surface area is 108 Å². The monoisotopic (exact) mass is 267 g/mol. The number of benzene rings is 1. The molecule has 0 saturated carbocycles. The number of hydrogen-bond acceptors (Lipinski definition) is 7. The van der Waals surface area contributed by atoms with E-state index in [1.54, 1.807) is 6.92 Å². The predicted molar refractivity (Wildman–Crippen MR) is 64.8 cm³/mol. The molecule has 0 saturated heterocycles. The number of nitrogens with zero attached hydrogens (tertiary/aromatic N) is 1. The summed E-state index contributed by atoms with van der Waals surface area (Å²) in [4.78, 5) is 33.0. The lowest BCUT2D eigenvalue weighted by atomic mass is 10.0. The van der Waals surface area contributed by atoms with Crippen molar-refractivity contribution in [2.24, 2.45) is 5.84 Å². The van der Waals surface area contributed by atoms with Gasteiger partial charge in [0.15, 0.2) is 0 Å². The summed E-state index contributed by atoms with van der Waals surface area (Å²) in [6.07, 6.45) is 0. The van der Waals surface area contributed by atoms with Crippen molar-refractivity contribution in [3.63, 3.8) is 0 Å². The summed E-state index contributed by atoms with van der Waals surface area (Å²) in [5, 5.41) is 10.5. The number of ketones is 1. The van der Waals surface area contributed by atoms with E-state index in [-0.39, 0.29) is 12.3 Å². The van der Waals surface area contributed by atoms with Gasteiger partial charge in [-0.15, -0.1) is 0 Å². The van der Waals surface area contributed by atoms with Gasteiger partial charge in [0.1, 0.15) is 6.04 Å². The minimum absolute atomic E-state index is 0.0716. The van der Waals surface area contributed by atoms with Crippen molar-refractivity contribution >= 4 is 17.4 Å². The van der Waals surface area contributed by atoms with Crippen LogP contribution in [0.5, 0.6) is 0 Å². The van der Waals surface area contributed by atoms with Gasteiger partial charge < -0.3 is 4.74 Å². The highest BCUT2D eigenvalue weighted by Gasteiger charge is 2.27. The van der Waals surface area contributed by atoms with E-state index in [0.717, 1.165) is 0 Å². The third kappa shape index (κ3) is 3.57. The molecule has 0 fully saturated rings. The number of ether oxygens (including phenoxy) is 1. The second-order valence-electron chi connectivity index (χ2n) is 3.53. The van der Waals surface area contributed by atoms with Crippen LogP contribution in [0.3, 0.4) is 0 Å². The maximum absolute atomic E-state index is 11.7. The molecule has 1 unspecified atom stereocenters. The van der Waals surface area contributed by atoms with E-state index in [1.807, 2.05) is 0 Å². The zero-order chi connectivity index (χ0) is 14.4. The summed E-state index contributed by atoms with van der Waals surface area (Å²) < 4.78 is 4.58. The Morgan fingerprint density at radius 2 is 2.00 bits per heavy atom. The van der Waals surface area contributed by atoms with Crippen LogP contribution in [0.15, 0.2) is 24.3 Å². The van der Waals surface area contributed by atoms with Gasteiger partial charge in [-0.1, -0.05) is 12.1 Å². The van der Waals surface area contributed by atoms with Crippen LogP contribution in [-0.2, 0) is 14.3 Å². The topological polar surface area (TPSA) is 125 Å². The summed E-state index contributed by atoms with van der Waals surface area (Å²) in [5.74, 6) is 3.35. The van der Waals surface area contributed by atoms with E-state index in [0.29, 0.717) is 5.56 Å². The molecule has 0 bridgehead atoms. The maximum Gasteiger partial charge on any atom is 0.376 e. The molecule has 0 aliphatic carbocycles. The number of carbonyl (C=O) groups is 2. The summed E-state index contributed by atoms with van der Waals surface area (Å²) in [6.45, 7) is 1.64. The first-order valence-corrected chi connectivity index (χ1v) is 5.42. The highest BCUT2D eigenvalue weighted by Crippen LogP contribution is 2.18. The first kappa shape index (κ1) is 14.7. The third-order valence-electron chi connectivity index (χ3n) is 2.34. The van der Waals surface area contributed by atoms with Crippen LogP contribution in [0.25, 0.3) is 0 Å². The zero-order valence-electron chi connectivity index (χ0n) is 10.2. The van der Waals surface area contributed by atoms with Crippen molar-refractivity contribution in [2.45, 2.75) is 13.0 Å². The molecule has 0 spiro atoms. The Kier molecular flexibility index (Phi) is 5.10. The molecule has 19 heavy (non-hydrogen) atoms. The normalized spacial score (nSPS) is 11.7. The van der Waals surface area contributed by atoms with Crippen LogP contribution in [0.4, 0.5) is 5.69 Å². The molecule has 8 nitrogen and oxygen atoms in total. The lowest BCUT2D eigenvalue weighted by Gasteiger charge is -2.13. The maximum atomic E-state index is 11.7. The Hall–Kier alpha value is -2.32. The smallest absolute Gasteiger partial charge is 0.376 e. The van der Waals surface area contributed by atoms with E-state index in [9.17, 15) is 19.7 Å². The average molecular weight is 267 g/mol. The highest BCUT2D eigenvalue weighted by atomic mass is 16.6. The fourth-order valence-electron chi connectivity index (χ4n) is 1.43. The number of esters is 1. The number of nitro benzene ring substituents is 1. The van der Waals surface area contributed by atoms with Gasteiger partial charge >= 0.3 is 5.97 Å². The first-order valence-electron chi connectivity index (χ1n) is 5.42. The second-order valence-corrected chi connectivity index (χ2v) is 3.53. The van der Waals surface area contributed by atoms with Gasteiger partial charge in [-0.25, -0.2) is 10.2 Å². The number of rotatable bonds is 6. The van der Waals surface area contributed by atoms with Gasteiger partial charge in [-0.05, 0) is 12.5 Å². The van der Waals surface area contributed by atoms with Crippen LogP contribution in [0.1, 0.15) is 18.5 Å². The van der Waals surface area contributed by atoms with E-state index in [2.05, 4.69) is 10.2 Å². The van der Waals surface area contributed by atoms with Crippen LogP contribution in [-0.4, -0.2) is 23.3 Å². The van der Waals surface area contributed by atoms with Gasteiger partial charge in [0.05, 0.1) is 11.5 Å². The summed E-state index contributed by atoms with van der Waals surface area (Å²) in [5.41, 5.74) is 2.40. The van der Waals surface area contributed by atoms with Crippen molar-refractivity contribution in [2.75, 3.05) is 6.61 Å². The number of hydrazine groups is 1. The van der Waals surface area contributed by atoms with E-state index in [4.69, 9.17) is 5.84 Å². The average Bonchev–Trinajstić information content (AvgIpc) is 2.40. The van der Waals surface area contributed by atoms with Crippen LogP contribution >= 0.6 is 0 Å². The van der Waals surface area contributed by atoms with Crippen LogP contribution in [0.2, 0.25) is 0 Å². The van der Waals surface area contributed by atoms with Crippen molar-refractivity contribution in [3.05, 3.63) is 39.9 Å². The molecule has 0 aliphatic heterocycles. The van der Waals surface area contributed by atoms with Crippen molar-refractivity contribution in [1.82, 2.24) is 5.43 Å². The third-order valence-corrected chi connectivity index (χ3v) is 2.34. The number of Topliss-reactive ketones (excluding diaryl/α,β-unsaturated/α-hetero) is 1. The number of nitrogens with two attached hydrogens (primary N) is 1. The van der Waals surface area contributed by atoms with Crippen LogP contribution < -0.4 is 11.3 Å². The van der Waals surface area contributed by atoms with E-state index < -0.39 is 22.7 Å². The molecule has 8 heteroatoms. The first-order chi connectivity index (χ1) is 9.01. The highest BCUT2D eigenvalue weighted by molar-refractivity contribution is 6.35. The van der Waals surface area contributed by atoms with Gasteiger partial charge in [0.2, 0.25) is 0 Å². The molecule has 0 aromatic heterocycles. The molecule has 102 valence electrons. The number of carbonyl (C=O) groups excluding carboxylic acids is 2. The Bertz CT molecular complexity index is 486. The van der Waals surface area contributed by atoms with Crippen molar-refractivity contribution in [1.29, 1.82) is 0 Å². The van der Waals surface area contributed by atoms with Gasteiger partial charge in [-0.3, -0.25) is 20.8 Å². The number of non-ortho nitro benzene ring substituents is 1. The molecular weight excluding hydrogens is 254 g/mol. The van der Waals surface area contributed by atoms with Gasteiger partial charge in [-0.2, -0.15) is 0 Å². The minimum Gasteiger partial charge on any atom is -0.460 e. The van der Waals surface area contributed by atoms with Crippen molar-refractivity contribution < 1.29 is 19.2 Å². The molecule has 0 amide bonds. The molecular formula is C11H13N3O5. The number of nitro groups is 1. The van der Waals surface area contributed by atoms with E-state index in [1.165, 1.54) is 24.3 Å². The largest absolute Gasteiger partial charge is 0.460 e. The molecule has 1 atom stereocenters. The Morgan fingerprint density at radius 3 is 2.42 bits per heavy atom.